The molecule has 0 aliphatic heterocycles. The van der Waals surface area contributed by atoms with E-state index in [0.717, 1.165) is 5.92 Å². The minimum atomic E-state index is 0. The van der Waals surface area contributed by atoms with Crippen molar-refractivity contribution in [2.24, 2.45) is 5.92 Å². The van der Waals surface area contributed by atoms with Crippen LogP contribution in [0.5, 0.6) is 0 Å². The lowest BCUT2D eigenvalue weighted by molar-refractivity contribution is 0.346. The molecule has 1 saturated carbocycles. The zero-order valence-electron chi connectivity index (χ0n) is 4.11. The number of hydrogen-bond acceptors (Lipinski definition) is 0. The number of rotatable bonds is 0. The van der Waals surface area contributed by atoms with Gasteiger partial charge in [0.2, 0.25) is 0 Å². The Morgan fingerprint density at radius 2 is 1.67 bits per heavy atom. The Labute approximate surface area is 49.7 Å². The zero-order valence-corrected chi connectivity index (χ0v) is 5.82. The maximum absolute atomic E-state index is 2.31. The molecule has 6 heavy (non-hydrogen) atoms. The molecule has 0 spiro atoms. The number of hydrogen-bond donors (Lipinski definition) is 0. The van der Waals surface area contributed by atoms with Crippen molar-refractivity contribution in [3.63, 3.8) is 0 Å². The van der Waals surface area contributed by atoms with E-state index in [1.165, 1.54) is 19.3 Å². The molecule has 1 aliphatic carbocycles. The van der Waals surface area contributed by atoms with E-state index >= 15 is 0 Å². The van der Waals surface area contributed by atoms with Crippen molar-refractivity contribution in [1.29, 1.82) is 0 Å². The summed E-state index contributed by atoms with van der Waals surface area (Å²) in [7, 11) is 0. The third kappa shape index (κ3) is 1.29. The van der Waals surface area contributed by atoms with Gasteiger partial charge >= 0.3 is 0 Å². The second kappa shape index (κ2) is 2.62. The first-order chi connectivity index (χ1) is 2.39. The monoisotopic (exact) mass is 150 g/mol. The molecule has 0 unspecified atom stereocenters. The normalized spacial score (nSPS) is 21.5. The van der Waals surface area contributed by atoms with Crippen LogP contribution < -0.4 is 0 Å². The van der Waals surface area contributed by atoms with E-state index in [1.54, 1.807) is 0 Å². The van der Waals surface area contributed by atoms with E-state index in [4.69, 9.17) is 0 Å². The Morgan fingerprint density at radius 3 is 1.67 bits per heavy atom. The second-order valence-corrected chi connectivity index (χ2v) is 2.04. The molecule has 0 aromatic rings. The lowest BCUT2D eigenvalue weighted by Gasteiger charge is -2.18. The van der Waals surface area contributed by atoms with Crippen LogP contribution >= 0.6 is 17.0 Å². The Hall–Kier alpha value is 0.480. The molecule has 1 aliphatic rings. The molecule has 0 nitrogen and oxygen atoms in total. The van der Waals surface area contributed by atoms with Crippen molar-refractivity contribution in [2.75, 3.05) is 0 Å². The molecule has 0 radical (unpaired) electrons. The molecule has 1 rings (SSSR count). The molecule has 0 saturated heterocycles. The van der Waals surface area contributed by atoms with E-state index in [9.17, 15) is 0 Å². The molecule has 0 aromatic heterocycles. The molecule has 0 N–H and O–H groups in total. The van der Waals surface area contributed by atoms with Crippen LogP contribution in [0.3, 0.4) is 0 Å². The van der Waals surface area contributed by atoms with Crippen molar-refractivity contribution in [3.05, 3.63) is 0 Å². The van der Waals surface area contributed by atoms with E-state index in [2.05, 4.69) is 6.92 Å². The maximum atomic E-state index is 2.31. The predicted molar refractivity (Wildman–Crippen MR) is 33.3 cm³/mol. The molecule has 1 heteroatoms. The number of halogens is 1. The topological polar surface area (TPSA) is 0 Å². The van der Waals surface area contributed by atoms with Gasteiger partial charge in [0.25, 0.3) is 0 Å². The minimum Gasteiger partial charge on any atom is -0.114 e. The fraction of sp³-hybridized carbons (Fsp3) is 1.00. The zero-order chi connectivity index (χ0) is 3.70. The van der Waals surface area contributed by atoms with Crippen molar-refractivity contribution in [2.45, 2.75) is 26.2 Å². The van der Waals surface area contributed by atoms with E-state index in [-0.39, 0.29) is 17.0 Å². The van der Waals surface area contributed by atoms with Crippen molar-refractivity contribution >= 4 is 17.0 Å². The van der Waals surface area contributed by atoms with Crippen LogP contribution in [0, 0.1) is 5.92 Å². The summed E-state index contributed by atoms with van der Waals surface area (Å²) in [5.74, 6) is 1.06. The first-order valence-electron chi connectivity index (χ1n) is 2.39. The summed E-state index contributed by atoms with van der Waals surface area (Å²) in [6.45, 7) is 2.31. The molecule has 38 valence electrons. The van der Waals surface area contributed by atoms with Gasteiger partial charge in [0.1, 0.15) is 0 Å². The lowest BCUT2D eigenvalue weighted by Crippen LogP contribution is -2.04. The Morgan fingerprint density at radius 1 is 1.33 bits per heavy atom. The molecule has 0 amide bonds. The molecule has 0 aromatic carbocycles. The first kappa shape index (κ1) is 6.48. The van der Waals surface area contributed by atoms with Crippen LogP contribution in [-0.2, 0) is 0 Å². The highest BCUT2D eigenvalue weighted by Crippen LogP contribution is 2.24. The van der Waals surface area contributed by atoms with Crippen molar-refractivity contribution in [1.82, 2.24) is 0 Å². The van der Waals surface area contributed by atoms with Gasteiger partial charge < -0.3 is 0 Å². The summed E-state index contributed by atoms with van der Waals surface area (Å²) in [6, 6.07) is 0. The summed E-state index contributed by atoms with van der Waals surface area (Å²) in [4.78, 5) is 0. The van der Waals surface area contributed by atoms with Gasteiger partial charge in [0.15, 0.2) is 0 Å². The molecule has 0 bridgehead atoms. The molecular formula is C5H11Br. The highest BCUT2D eigenvalue weighted by molar-refractivity contribution is 8.93. The van der Waals surface area contributed by atoms with E-state index in [0.29, 0.717) is 0 Å². The smallest absolute Gasteiger partial charge is 0.0443 e. The van der Waals surface area contributed by atoms with E-state index in [1.807, 2.05) is 0 Å². The summed E-state index contributed by atoms with van der Waals surface area (Å²) < 4.78 is 0. The second-order valence-electron chi connectivity index (χ2n) is 2.04. The van der Waals surface area contributed by atoms with Crippen LogP contribution in [0.1, 0.15) is 26.2 Å². The van der Waals surface area contributed by atoms with Gasteiger partial charge in [0, 0.05) is 0 Å². The van der Waals surface area contributed by atoms with E-state index < -0.39 is 0 Å². The molecule has 0 atom stereocenters. The van der Waals surface area contributed by atoms with Crippen LogP contribution in [0.2, 0.25) is 0 Å². The van der Waals surface area contributed by atoms with Gasteiger partial charge in [-0.25, -0.2) is 0 Å². The summed E-state index contributed by atoms with van der Waals surface area (Å²) in [5.41, 5.74) is 0. The lowest BCUT2D eigenvalue weighted by atomic mass is 9.88. The van der Waals surface area contributed by atoms with Gasteiger partial charge in [-0.15, -0.1) is 17.0 Å². The third-order valence-corrected chi connectivity index (χ3v) is 1.39. The van der Waals surface area contributed by atoms with Gasteiger partial charge in [-0.1, -0.05) is 26.2 Å². The Bertz CT molecular complexity index is 30.9. The predicted octanol–water partition coefficient (Wildman–Crippen LogP) is 2.38. The average molecular weight is 151 g/mol. The van der Waals surface area contributed by atoms with Crippen molar-refractivity contribution < 1.29 is 0 Å². The average Bonchev–Trinajstić information content (AvgIpc) is 1.30. The summed E-state index contributed by atoms with van der Waals surface area (Å²) >= 11 is 0. The van der Waals surface area contributed by atoms with Crippen LogP contribution in [0.4, 0.5) is 0 Å². The van der Waals surface area contributed by atoms with Gasteiger partial charge in [0.05, 0.1) is 0 Å². The fourth-order valence-electron chi connectivity index (χ4n) is 0.612. The minimum absolute atomic E-state index is 0. The third-order valence-electron chi connectivity index (χ3n) is 1.39. The molecule has 1 fully saturated rings. The fourth-order valence-corrected chi connectivity index (χ4v) is 0.612. The highest BCUT2D eigenvalue weighted by atomic mass is 79.9. The van der Waals surface area contributed by atoms with Gasteiger partial charge in [-0.05, 0) is 5.92 Å². The SMILES string of the molecule is Br.CC1CCC1. The highest BCUT2D eigenvalue weighted by Gasteiger charge is 2.09. The Kier molecular flexibility index (Phi) is 2.83. The summed E-state index contributed by atoms with van der Waals surface area (Å²) in [5, 5.41) is 0. The molecule has 0 heterocycles. The standard InChI is InChI=1S/C5H10.BrH/c1-5-3-2-4-5;/h5H,2-4H2,1H3;1H. The quantitative estimate of drug-likeness (QED) is 0.498. The van der Waals surface area contributed by atoms with Crippen LogP contribution in [0.15, 0.2) is 0 Å². The van der Waals surface area contributed by atoms with Crippen molar-refractivity contribution in [3.8, 4) is 0 Å². The van der Waals surface area contributed by atoms with Gasteiger partial charge in [-0.2, -0.15) is 0 Å². The first-order valence-corrected chi connectivity index (χ1v) is 2.39. The maximum Gasteiger partial charge on any atom is -0.0443 e. The summed E-state index contributed by atoms with van der Waals surface area (Å²) in [6.07, 6.45) is 4.46. The largest absolute Gasteiger partial charge is 0.114 e. The Balaban J connectivity index is 0.000000250. The van der Waals surface area contributed by atoms with Gasteiger partial charge in [-0.3, -0.25) is 0 Å². The molecular weight excluding hydrogens is 140 g/mol. The van der Waals surface area contributed by atoms with Crippen LogP contribution in [-0.4, -0.2) is 0 Å². The van der Waals surface area contributed by atoms with Crippen LogP contribution in [0.25, 0.3) is 0 Å².